The van der Waals surface area contributed by atoms with Gasteiger partial charge in [0.25, 0.3) is 5.91 Å². The molecule has 2 atom stereocenters. The highest BCUT2D eigenvalue weighted by Gasteiger charge is 2.22. The number of hydrogen-bond acceptors (Lipinski definition) is 2. The van der Waals surface area contributed by atoms with E-state index in [2.05, 4.69) is 26.3 Å². The van der Waals surface area contributed by atoms with E-state index in [1.54, 1.807) is 4.68 Å². The molecule has 2 rings (SSSR count). The van der Waals surface area contributed by atoms with Crippen molar-refractivity contribution in [2.24, 2.45) is 13.0 Å². The highest BCUT2D eigenvalue weighted by Crippen LogP contribution is 2.28. The van der Waals surface area contributed by atoms with Gasteiger partial charge >= 0.3 is 0 Å². The van der Waals surface area contributed by atoms with Gasteiger partial charge in [-0.1, -0.05) is 22.4 Å². The molecule has 0 spiro atoms. The van der Waals surface area contributed by atoms with E-state index < -0.39 is 0 Å². The van der Waals surface area contributed by atoms with Crippen LogP contribution in [0.4, 0.5) is 0 Å². The van der Waals surface area contributed by atoms with Gasteiger partial charge in [-0.05, 0) is 39.0 Å². The van der Waals surface area contributed by atoms with Crippen molar-refractivity contribution in [1.82, 2.24) is 15.1 Å². The maximum absolute atomic E-state index is 12.2. The predicted molar refractivity (Wildman–Crippen MR) is 79.7 cm³/mol. The summed E-state index contributed by atoms with van der Waals surface area (Å²) in [5.74, 6) is 0.610. The highest BCUT2D eigenvalue weighted by molar-refractivity contribution is 9.09. The Morgan fingerprint density at radius 3 is 2.79 bits per heavy atom. The van der Waals surface area contributed by atoms with Crippen LogP contribution in [0, 0.1) is 19.8 Å². The Bertz CT molecular complexity index is 470. The Morgan fingerprint density at radius 2 is 2.21 bits per heavy atom. The van der Waals surface area contributed by atoms with E-state index in [9.17, 15) is 4.79 Å². The van der Waals surface area contributed by atoms with Crippen LogP contribution in [-0.4, -0.2) is 27.1 Å². The van der Waals surface area contributed by atoms with Crippen molar-refractivity contribution in [2.75, 3.05) is 6.54 Å². The van der Waals surface area contributed by atoms with Gasteiger partial charge in [0, 0.05) is 24.1 Å². The largest absolute Gasteiger partial charge is 0.352 e. The number of aryl methyl sites for hydroxylation is 2. The summed E-state index contributed by atoms with van der Waals surface area (Å²) < 4.78 is 1.76. The molecule has 1 N–H and O–H groups in total. The molecule has 1 amide bonds. The van der Waals surface area contributed by atoms with Crippen LogP contribution in [0.3, 0.4) is 0 Å². The summed E-state index contributed by atoms with van der Waals surface area (Å²) >= 11 is 3.68. The van der Waals surface area contributed by atoms with Crippen molar-refractivity contribution in [3.63, 3.8) is 0 Å². The number of carbonyl (C=O) groups excluding carboxylic acids is 1. The minimum atomic E-state index is 0.0137. The number of rotatable bonds is 3. The fourth-order valence-electron chi connectivity index (χ4n) is 2.84. The lowest BCUT2D eigenvalue weighted by atomic mass is 9.89. The molecule has 1 aromatic rings. The molecular formula is C14H22BrN3O. The first-order valence-electron chi connectivity index (χ1n) is 6.91. The van der Waals surface area contributed by atoms with Gasteiger partial charge in [-0.15, -0.1) is 0 Å². The normalized spacial score (nSPS) is 23.4. The third kappa shape index (κ3) is 3.38. The molecule has 1 saturated carbocycles. The van der Waals surface area contributed by atoms with E-state index in [-0.39, 0.29) is 5.91 Å². The van der Waals surface area contributed by atoms with Gasteiger partial charge < -0.3 is 5.32 Å². The van der Waals surface area contributed by atoms with Gasteiger partial charge in [0.1, 0.15) is 0 Å². The summed E-state index contributed by atoms with van der Waals surface area (Å²) in [7, 11) is 1.87. The molecule has 1 aliphatic carbocycles. The standard InChI is InChI=1S/C14H22BrN3O/c1-9-13(10(2)18(3)17-9)14(19)16-8-11-5-4-6-12(15)7-11/h11-12H,4-8H2,1-3H3,(H,16,19). The van der Waals surface area contributed by atoms with Crippen molar-refractivity contribution >= 4 is 21.8 Å². The summed E-state index contributed by atoms with van der Waals surface area (Å²) in [4.78, 5) is 12.9. The second-order valence-electron chi connectivity index (χ2n) is 5.51. The highest BCUT2D eigenvalue weighted by atomic mass is 79.9. The third-order valence-electron chi connectivity index (χ3n) is 4.01. The minimum absolute atomic E-state index is 0.0137. The summed E-state index contributed by atoms with van der Waals surface area (Å²) in [6.07, 6.45) is 4.88. The molecule has 4 nitrogen and oxygen atoms in total. The fraction of sp³-hybridized carbons (Fsp3) is 0.714. The topological polar surface area (TPSA) is 46.9 Å². The number of amides is 1. The number of nitrogens with zero attached hydrogens (tertiary/aromatic N) is 2. The zero-order chi connectivity index (χ0) is 14.0. The molecule has 0 radical (unpaired) electrons. The van der Waals surface area contributed by atoms with E-state index in [4.69, 9.17) is 0 Å². The van der Waals surface area contributed by atoms with Crippen molar-refractivity contribution in [3.8, 4) is 0 Å². The van der Waals surface area contributed by atoms with Crippen molar-refractivity contribution in [1.29, 1.82) is 0 Å². The summed E-state index contributed by atoms with van der Waals surface area (Å²) in [5, 5.41) is 7.36. The van der Waals surface area contributed by atoms with E-state index in [0.29, 0.717) is 10.7 Å². The van der Waals surface area contributed by atoms with Crippen LogP contribution >= 0.6 is 15.9 Å². The van der Waals surface area contributed by atoms with Gasteiger partial charge in [-0.2, -0.15) is 5.10 Å². The smallest absolute Gasteiger partial charge is 0.255 e. The summed E-state index contributed by atoms with van der Waals surface area (Å²) in [5.41, 5.74) is 2.46. The first-order valence-corrected chi connectivity index (χ1v) is 7.83. The maximum atomic E-state index is 12.2. The lowest BCUT2D eigenvalue weighted by molar-refractivity contribution is 0.0942. The number of nitrogens with one attached hydrogen (secondary N) is 1. The number of hydrogen-bond donors (Lipinski definition) is 1. The molecule has 0 bridgehead atoms. The van der Waals surface area contributed by atoms with Gasteiger partial charge in [0.15, 0.2) is 0 Å². The minimum Gasteiger partial charge on any atom is -0.352 e. The van der Waals surface area contributed by atoms with Crippen LogP contribution in [0.25, 0.3) is 0 Å². The monoisotopic (exact) mass is 327 g/mol. The second kappa shape index (κ2) is 6.07. The molecule has 1 aliphatic rings. The quantitative estimate of drug-likeness (QED) is 0.867. The van der Waals surface area contributed by atoms with E-state index >= 15 is 0 Å². The Balaban J connectivity index is 1.94. The zero-order valence-electron chi connectivity index (χ0n) is 11.9. The third-order valence-corrected chi connectivity index (χ3v) is 4.84. The van der Waals surface area contributed by atoms with Crippen LogP contribution < -0.4 is 5.32 Å². The fourth-order valence-corrected chi connectivity index (χ4v) is 3.69. The van der Waals surface area contributed by atoms with Crippen LogP contribution in [0.1, 0.15) is 47.4 Å². The molecule has 0 aliphatic heterocycles. The predicted octanol–water partition coefficient (Wildman–Crippen LogP) is 2.72. The van der Waals surface area contributed by atoms with Crippen LogP contribution in [0.5, 0.6) is 0 Å². The Hall–Kier alpha value is -0.840. The molecular weight excluding hydrogens is 306 g/mol. The Morgan fingerprint density at radius 1 is 1.47 bits per heavy atom. The molecule has 106 valence electrons. The molecule has 19 heavy (non-hydrogen) atoms. The molecule has 0 saturated heterocycles. The van der Waals surface area contributed by atoms with Crippen molar-refractivity contribution < 1.29 is 4.79 Å². The van der Waals surface area contributed by atoms with Crippen LogP contribution in [0.15, 0.2) is 0 Å². The number of halogens is 1. The average molecular weight is 328 g/mol. The SMILES string of the molecule is Cc1nn(C)c(C)c1C(=O)NCC1CCCC(Br)C1. The summed E-state index contributed by atoms with van der Waals surface area (Å²) in [6.45, 7) is 4.59. The van der Waals surface area contributed by atoms with Gasteiger partial charge in [-0.25, -0.2) is 0 Å². The molecule has 1 aromatic heterocycles. The van der Waals surface area contributed by atoms with Gasteiger partial charge in [-0.3, -0.25) is 9.48 Å². The molecule has 0 aromatic carbocycles. The molecule has 1 fully saturated rings. The molecule has 1 heterocycles. The zero-order valence-corrected chi connectivity index (χ0v) is 13.5. The molecule has 2 unspecified atom stereocenters. The number of alkyl halides is 1. The number of aromatic nitrogens is 2. The van der Waals surface area contributed by atoms with E-state index in [1.165, 1.54) is 19.3 Å². The second-order valence-corrected chi connectivity index (χ2v) is 6.80. The van der Waals surface area contributed by atoms with Crippen molar-refractivity contribution in [3.05, 3.63) is 17.0 Å². The lowest BCUT2D eigenvalue weighted by Gasteiger charge is -2.25. The lowest BCUT2D eigenvalue weighted by Crippen LogP contribution is -2.32. The summed E-state index contributed by atoms with van der Waals surface area (Å²) in [6, 6.07) is 0. The number of carbonyl (C=O) groups is 1. The average Bonchev–Trinajstić information content (AvgIpc) is 2.61. The van der Waals surface area contributed by atoms with Crippen molar-refractivity contribution in [2.45, 2.75) is 44.4 Å². The Kier molecular flexibility index (Phi) is 4.66. The maximum Gasteiger partial charge on any atom is 0.255 e. The Labute approximate surface area is 123 Å². The van der Waals surface area contributed by atoms with Crippen LogP contribution in [-0.2, 0) is 7.05 Å². The first-order chi connectivity index (χ1) is 8.99. The molecule has 5 heteroatoms. The van der Waals surface area contributed by atoms with E-state index in [1.807, 2.05) is 20.9 Å². The first kappa shape index (κ1) is 14.6. The van der Waals surface area contributed by atoms with E-state index in [0.717, 1.165) is 29.9 Å². The van der Waals surface area contributed by atoms with Gasteiger partial charge in [0.05, 0.1) is 11.3 Å². The van der Waals surface area contributed by atoms with Crippen LogP contribution in [0.2, 0.25) is 0 Å². The van der Waals surface area contributed by atoms with Gasteiger partial charge in [0.2, 0.25) is 0 Å².